The van der Waals surface area contributed by atoms with E-state index in [9.17, 15) is 13.2 Å². The van der Waals surface area contributed by atoms with Crippen molar-refractivity contribution in [3.8, 4) is 11.5 Å². The second kappa shape index (κ2) is 9.59. The molecule has 2 aromatic rings. The number of hydrogen-bond donors (Lipinski definition) is 0. The molecule has 0 amide bonds. The predicted octanol–water partition coefficient (Wildman–Crippen LogP) is 5.10. The highest BCUT2D eigenvalue weighted by atomic mass is 19.4. The van der Waals surface area contributed by atoms with E-state index in [1.807, 2.05) is 25.9 Å². The molecule has 152 valence electrons. The molecule has 0 heterocycles. The average molecular weight is 394 g/mol. The summed E-state index contributed by atoms with van der Waals surface area (Å²) in [6, 6.07) is 9.38. The predicted molar refractivity (Wildman–Crippen MR) is 105 cm³/mol. The molecule has 0 saturated heterocycles. The van der Waals surface area contributed by atoms with Crippen molar-refractivity contribution in [2.75, 3.05) is 33.9 Å². The van der Waals surface area contributed by atoms with E-state index in [1.165, 1.54) is 19.2 Å². The molecular weight excluding hydrogens is 369 g/mol. The number of aliphatic imine (C=N–C) groups is 1. The van der Waals surface area contributed by atoms with Crippen LogP contribution < -0.4 is 9.47 Å². The molecule has 0 N–H and O–H groups in total. The normalized spacial score (nSPS) is 12.0. The van der Waals surface area contributed by atoms with E-state index in [1.54, 1.807) is 24.3 Å². The van der Waals surface area contributed by atoms with E-state index in [0.29, 0.717) is 30.3 Å². The Morgan fingerprint density at radius 1 is 1.07 bits per heavy atom. The Morgan fingerprint density at radius 3 is 2.36 bits per heavy atom. The van der Waals surface area contributed by atoms with Crippen LogP contribution in [0.5, 0.6) is 11.5 Å². The largest absolute Gasteiger partial charge is 0.493 e. The monoisotopic (exact) mass is 394 g/mol. The first-order chi connectivity index (χ1) is 13.2. The lowest BCUT2D eigenvalue weighted by Crippen LogP contribution is -2.19. The van der Waals surface area contributed by atoms with E-state index in [4.69, 9.17) is 9.47 Å². The zero-order valence-corrected chi connectivity index (χ0v) is 16.5. The van der Waals surface area contributed by atoms with Gasteiger partial charge in [-0.15, -0.1) is 0 Å². The minimum atomic E-state index is -4.42. The van der Waals surface area contributed by atoms with Crippen molar-refractivity contribution in [3.05, 3.63) is 53.1 Å². The van der Waals surface area contributed by atoms with Crippen LogP contribution in [-0.2, 0) is 6.18 Å². The topological polar surface area (TPSA) is 34.1 Å². The highest BCUT2D eigenvalue weighted by Gasteiger charge is 2.32. The van der Waals surface area contributed by atoms with Gasteiger partial charge in [0.25, 0.3) is 0 Å². The third kappa shape index (κ3) is 5.99. The molecule has 2 rings (SSSR count). The number of ether oxygens (including phenoxy) is 2. The van der Waals surface area contributed by atoms with E-state index in [0.717, 1.165) is 12.6 Å². The van der Waals surface area contributed by atoms with Gasteiger partial charge in [0.1, 0.15) is 18.1 Å². The van der Waals surface area contributed by atoms with Gasteiger partial charge in [0, 0.05) is 12.8 Å². The third-order valence-corrected chi connectivity index (χ3v) is 3.99. The number of alkyl halides is 3. The number of aryl methyl sites for hydroxylation is 1. The minimum Gasteiger partial charge on any atom is -0.493 e. The molecule has 2 aromatic carbocycles. The van der Waals surface area contributed by atoms with Gasteiger partial charge in [-0.05, 0) is 57.8 Å². The number of halogens is 3. The van der Waals surface area contributed by atoms with Crippen LogP contribution in [0.1, 0.15) is 23.6 Å². The molecule has 0 aliphatic rings. The Hall–Kier alpha value is -2.54. The van der Waals surface area contributed by atoms with Gasteiger partial charge in [-0.3, -0.25) is 4.99 Å². The fourth-order valence-corrected chi connectivity index (χ4v) is 2.53. The van der Waals surface area contributed by atoms with Gasteiger partial charge in [0.2, 0.25) is 0 Å². The molecule has 0 radical (unpaired) electrons. The van der Waals surface area contributed by atoms with Crippen LogP contribution in [0, 0.1) is 6.92 Å². The maximum atomic E-state index is 13.1. The summed E-state index contributed by atoms with van der Waals surface area (Å²) in [5, 5.41) is 0. The van der Waals surface area contributed by atoms with Crippen LogP contribution >= 0.6 is 0 Å². The molecular formula is C21H25F3N2O2. The summed E-state index contributed by atoms with van der Waals surface area (Å²) in [4.78, 5) is 6.23. The average Bonchev–Trinajstić information content (AvgIpc) is 2.61. The van der Waals surface area contributed by atoms with Crippen LogP contribution in [0.15, 0.2) is 41.4 Å². The van der Waals surface area contributed by atoms with Crippen LogP contribution in [-0.4, -0.2) is 45.0 Å². The number of hydrogen-bond acceptors (Lipinski definition) is 4. The van der Waals surface area contributed by atoms with Gasteiger partial charge < -0.3 is 14.4 Å². The van der Waals surface area contributed by atoms with Crippen molar-refractivity contribution in [2.24, 2.45) is 4.99 Å². The lowest BCUT2D eigenvalue weighted by atomic mass is 10.1. The number of rotatable bonds is 8. The first kappa shape index (κ1) is 21.8. The Labute approximate surface area is 163 Å². The molecule has 0 aliphatic heterocycles. The molecule has 0 spiro atoms. The van der Waals surface area contributed by atoms with Gasteiger partial charge in [-0.1, -0.05) is 12.1 Å². The van der Waals surface area contributed by atoms with Crippen LogP contribution in [0.2, 0.25) is 0 Å². The summed E-state index contributed by atoms with van der Waals surface area (Å²) in [5.74, 6) is 1.14. The fraction of sp³-hybridized carbons (Fsp3) is 0.381. The standard InChI is InChI=1S/C21H25F3N2O2/c1-5-27-19-7-6-8-20(28-12-11-26(3)4)17(19)14-25-16-10-9-15(2)18(13-16)21(22,23)24/h6-10,13-14H,5,11-12H2,1-4H3/b25-14+. The summed E-state index contributed by atoms with van der Waals surface area (Å²) in [7, 11) is 3.88. The van der Waals surface area contributed by atoms with E-state index < -0.39 is 11.7 Å². The molecule has 28 heavy (non-hydrogen) atoms. The molecule has 0 unspecified atom stereocenters. The number of nitrogens with zero attached hydrogens (tertiary/aromatic N) is 2. The van der Waals surface area contributed by atoms with Crippen molar-refractivity contribution >= 4 is 11.9 Å². The maximum absolute atomic E-state index is 13.1. The second-order valence-electron chi connectivity index (χ2n) is 6.51. The van der Waals surface area contributed by atoms with Gasteiger partial charge >= 0.3 is 6.18 Å². The zero-order chi connectivity index (χ0) is 20.7. The van der Waals surface area contributed by atoms with Crippen molar-refractivity contribution in [1.82, 2.24) is 4.90 Å². The van der Waals surface area contributed by atoms with Gasteiger partial charge in [0.15, 0.2) is 0 Å². The first-order valence-corrected chi connectivity index (χ1v) is 8.97. The number of benzene rings is 2. The maximum Gasteiger partial charge on any atom is 0.416 e. The first-order valence-electron chi connectivity index (χ1n) is 8.97. The molecule has 0 aliphatic carbocycles. The van der Waals surface area contributed by atoms with Gasteiger partial charge in [0.05, 0.1) is 23.4 Å². The van der Waals surface area contributed by atoms with E-state index in [-0.39, 0.29) is 11.3 Å². The minimum absolute atomic E-state index is 0.161. The van der Waals surface area contributed by atoms with Crippen molar-refractivity contribution in [3.63, 3.8) is 0 Å². The Kier molecular flexibility index (Phi) is 7.45. The summed E-state index contributed by atoms with van der Waals surface area (Å²) in [6.07, 6.45) is -2.93. The Bertz CT molecular complexity index is 818. The SMILES string of the molecule is CCOc1cccc(OCCN(C)C)c1/C=N/c1ccc(C)c(C(F)(F)F)c1. The summed E-state index contributed by atoms with van der Waals surface area (Å²) < 4.78 is 50.8. The molecule has 0 bridgehead atoms. The van der Waals surface area contributed by atoms with Crippen LogP contribution in [0.3, 0.4) is 0 Å². The quantitative estimate of drug-likeness (QED) is 0.584. The lowest BCUT2D eigenvalue weighted by molar-refractivity contribution is -0.138. The second-order valence-corrected chi connectivity index (χ2v) is 6.51. The lowest BCUT2D eigenvalue weighted by Gasteiger charge is -2.15. The highest BCUT2D eigenvalue weighted by Crippen LogP contribution is 2.34. The van der Waals surface area contributed by atoms with Crippen molar-refractivity contribution in [1.29, 1.82) is 0 Å². The molecule has 0 atom stereocenters. The molecule has 0 aromatic heterocycles. The Balaban J connectivity index is 2.35. The summed E-state index contributed by atoms with van der Waals surface area (Å²) >= 11 is 0. The molecule has 0 fully saturated rings. The van der Waals surface area contributed by atoms with Gasteiger partial charge in [-0.25, -0.2) is 0 Å². The molecule has 7 heteroatoms. The van der Waals surface area contributed by atoms with Gasteiger partial charge in [-0.2, -0.15) is 13.2 Å². The summed E-state index contributed by atoms with van der Waals surface area (Å²) in [5.41, 5.74) is 0.275. The van der Waals surface area contributed by atoms with Crippen LogP contribution in [0.25, 0.3) is 0 Å². The third-order valence-electron chi connectivity index (χ3n) is 3.99. The van der Waals surface area contributed by atoms with E-state index >= 15 is 0 Å². The highest BCUT2D eigenvalue weighted by molar-refractivity contribution is 5.89. The van der Waals surface area contributed by atoms with Crippen molar-refractivity contribution < 1.29 is 22.6 Å². The van der Waals surface area contributed by atoms with Crippen LogP contribution in [0.4, 0.5) is 18.9 Å². The zero-order valence-electron chi connectivity index (χ0n) is 16.5. The summed E-state index contributed by atoms with van der Waals surface area (Å²) in [6.45, 7) is 4.92. The van der Waals surface area contributed by atoms with Crippen molar-refractivity contribution in [2.45, 2.75) is 20.0 Å². The molecule has 0 saturated carbocycles. The Morgan fingerprint density at radius 2 is 1.75 bits per heavy atom. The molecule has 4 nitrogen and oxygen atoms in total. The smallest absolute Gasteiger partial charge is 0.416 e. The van der Waals surface area contributed by atoms with E-state index in [2.05, 4.69) is 4.99 Å². The fourth-order valence-electron chi connectivity index (χ4n) is 2.53. The number of likely N-dealkylation sites (N-methyl/N-ethyl adjacent to an activating group) is 1.